The van der Waals surface area contributed by atoms with Gasteiger partial charge in [-0.2, -0.15) is 4.98 Å². The van der Waals surface area contributed by atoms with E-state index in [1.807, 2.05) is 18.2 Å². The Morgan fingerprint density at radius 1 is 1.03 bits per heavy atom. The first-order valence-electron chi connectivity index (χ1n) is 12.5. The highest BCUT2D eigenvalue weighted by atomic mass is 16.6. The summed E-state index contributed by atoms with van der Waals surface area (Å²) in [6.45, 7) is 5.74. The van der Waals surface area contributed by atoms with E-state index in [0.29, 0.717) is 41.9 Å². The maximum atomic E-state index is 13.4. The quantitative estimate of drug-likeness (QED) is 0.357. The van der Waals surface area contributed by atoms with Crippen LogP contribution in [0.15, 0.2) is 42.5 Å². The lowest BCUT2D eigenvalue weighted by Crippen LogP contribution is -2.45. The van der Waals surface area contributed by atoms with Crippen molar-refractivity contribution in [2.45, 2.75) is 19.9 Å². The van der Waals surface area contributed by atoms with Gasteiger partial charge in [-0.15, -0.1) is 0 Å². The monoisotopic (exact) mass is 518 g/mol. The first-order chi connectivity index (χ1) is 18.3. The Labute approximate surface area is 220 Å². The Kier molecular flexibility index (Phi) is 7.10. The second-order valence-electron chi connectivity index (χ2n) is 9.53. The van der Waals surface area contributed by atoms with E-state index in [-0.39, 0.29) is 23.7 Å². The van der Waals surface area contributed by atoms with Crippen molar-refractivity contribution in [1.82, 2.24) is 19.8 Å². The molecule has 0 saturated carbocycles. The van der Waals surface area contributed by atoms with Gasteiger partial charge in [0.05, 0.1) is 29.8 Å². The van der Waals surface area contributed by atoms with Crippen molar-refractivity contribution >= 4 is 17.5 Å². The van der Waals surface area contributed by atoms with Gasteiger partial charge >= 0.3 is 0 Å². The number of carbonyl (C=O) groups excluding carboxylic acids is 1. The Morgan fingerprint density at radius 2 is 1.76 bits per heavy atom. The zero-order valence-corrected chi connectivity index (χ0v) is 21.7. The van der Waals surface area contributed by atoms with Gasteiger partial charge in [-0.1, -0.05) is 18.2 Å². The summed E-state index contributed by atoms with van der Waals surface area (Å²) in [5.41, 5.74) is 2.25. The highest BCUT2D eigenvalue weighted by molar-refractivity contribution is 5.95. The van der Waals surface area contributed by atoms with Crippen molar-refractivity contribution in [3.05, 3.63) is 75.0 Å². The number of aryl methyl sites for hydroxylation is 1. The molecule has 38 heavy (non-hydrogen) atoms. The highest BCUT2D eigenvalue weighted by Gasteiger charge is 2.30. The molecule has 2 aliphatic rings. The molecule has 198 valence electrons. The van der Waals surface area contributed by atoms with Crippen LogP contribution in [0.25, 0.3) is 0 Å². The Hall–Kier alpha value is -4.25. The van der Waals surface area contributed by atoms with Crippen molar-refractivity contribution in [3.63, 3.8) is 0 Å². The summed E-state index contributed by atoms with van der Waals surface area (Å²) >= 11 is 0. The average Bonchev–Trinajstić information content (AvgIpc) is 2.93. The summed E-state index contributed by atoms with van der Waals surface area (Å²) < 4.78 is 11.8. The van der Waals surface area contributed by atoms with E-state index in [0.717, 1.165) is 37.4 Å². The summed E-state index contributed by atoms with van der Waals surface area (Å²) in [6, 6.07) is 11.9. The Balaban J connectivity index is 1.49. The molecule has 0 N–H and O–H groups in total. The fraction of sp³-hybridized carbons (Fsp3) is 0.370. The molecule has 11 nitrogen and oxygen atoms in total. The van der Waals surface area contributed by atoms with E-state index in [1.165, 1.54) is 6.07 Å². The topological polar surface area (TPSA) is 114 Å². The number of nitro groups is 1. The normalized spacial score (nSPS) is 15.7. The maximum absolute atomic E-state index is 13.4. The lowest BCUT2D eigenvalue weighted by atomic mass is 10.0. The fourth-order valence-electron chi connectivity index (χ4n) is 4.71. The number of carbonyl (C=O) groups is 1. The van der Waals surface area contributed by atoms with Gasteiger partial charge in [0.15, 0.2) is 11.5 Å². The smallest absolute Gasteiger partial charge is 0.273 e. The van der Waals surface area contributed by atoms with Crippen LogP contribution < -0.4 is 14.4 Å². The van der Waals surface area contributed by atoms with E-state index in [1.54, 1.807) is 37.1 Å². The average molecular weight is 519 g/mol. The molecule has 2 aromatic carbocycles. The Bertz CT molecular complexity index is 1370. The number of benzene rings is 2. The summed E-state index contributed by atoms with van der Waals surface area (Å²) in [5, 5.41) is 11.4. The number of methoxy groups -OCH3 is 1. The zero-order valence-electron chi connectivity index (χ0n) is 21.7. The largest absolute Gasteiger partial charge is 0.493 e. The van der Waals surface area contributed by atoms with Gasteiger partial charge < -0.3 is 24.2 Å². The molecule has 0 bridgehead atoms. The highest BCUT2D eigenvalue weighted by Crippen LogP contribution is 2.36. The third kappa shape index (κ3) is 5.10. The minimum atomic E-state index is -0.468. The molecule has 0 radical (unpaired) electrons. The molecule has 5 rings (SSSR count). The van der Waals surface area contributed by atoms with Gasteiger partial charge in [-0.3, -0.25) is 14.9 Å². The summed E-state index contributed by atoms with van der Waals surface area (Å²) in [7, 11) is 3.67. The van der Waals surface area contributed by atoms with E-state index in [4.69, 9.17) is 19.4 Å². The van der Waals surface area contributed by atoms with Crippen LogP contribution >= 0.6 is 0 Å². The maximum Gasteiger partial charge on any atom is 0.273 e. The number of hydrogen-bond acceptors (Lipinski definition) is 9. The number of ether oxygens (including phenoxy) is 2. The minimum Gasteiger partial charge on any atom is -0.493 e. The van der Waals surface area contributed by atoms with Crippen LogP contribution in [0.2, 0.25) is 0 Å². The molecule has 1 aromatic heterocycles. The number of piperazine rings is 1. The lowest BCUT2D eigenvalue weighted by molar-refractivity contribution is -0.385. The van der Waals surface area contributed by atoms with Gasteiger partial charge in [0, 0.05) is 56.3 Å². The van der Waals surface area contributed by atoms with E-state index in [2.05, 4.69) is 16.8 Å². The van der Waals surface area contributed by atoms with Crippen LogP contribution in [0.5, 0.6) is 17.4 Å². The van der Waals surface area contributed by atoms with Crippen molar-refractivity contribution in [2.24, 2.45) is 0 Å². The number of amides is 1. The second-order valence-corrected chi connectivity index (χ2v) is 9.53. The molecular weight excluding hydrogens is 488 g/mol. The van der Waals surface area contributed by atoms with Crippen LogP contribution in [-0.2, 0) is 13.0 Å². The molecule has 3 heterocycles. The SMILES string of the molecule is COc1ccccc1Oc1nc(N2CCN(C)CC2)nc2c1CN(C(=O)c1ccc(C)c([N+](=O)[O-])c1)CC2. The number of nitrogens with zero attached hydrogens (tertiary/aromatic N) is 6. The van der Waals surface area contributed by atoms with Crippen LogP contribution in [0, 0.1) is 17.0 Å². The van der Waals surface area contributed by atoms with Gasteiger partial charge in [0.2, 0.25) is 11.8 Å². The second kappa shape index (κ2) is 10.6. The number of likely N-dealkylation sites (N-methyl/N-ethyl adjacent to an activating group) is 1. The van der Waals surface area contributed by atoms with Gasteiger partial charge in [-0.05, 0) is 32.2 Å². The molecule has 1 amide bonds. The van der Waals surface area contributed by atoms with E-state index < -0.39 is 4.92 Å². The number of anilines is 1. The van der Waals surface area contributed by atoms with Crippen LogP contribution in [0.1, 0.15) is 27.2 Å². The zero-order chi connectivity index (χ0) is 26.8. The van der Waals surface area contributed by atoms with Crippen LogP contribution in [0.3, 0.4) is 0 Å². The van der Waals surface area contributed by atoms with Crippen molar-refractivity contribution in [2.75, 3.05) is 51.8 Å². The number of hydrogen-bond donors (Lipinski definition) is 0. The van der Waals surface area contributed by atoms with Crippen LogP contribution in [0.4, 0.5) is 11.6 Å². The molecule has 3 aromatic rings. The van der Waals surface area contributed by atoms with Crippen LogP contribution in [-0.4, -0.2) is 77.5 Å². The van der Waals surface area contributed by atoms with E-state index in [9.17, 15) is 14.9 Å². The summed E-state index contributed by atoms with van der Waals surface area (Å²) in [4.78, 5) is 40.1. The molecule has 0 atom stereocenters. The standard InChI is InChI=1S/C27H30N6O5/c1-18-8-9-19(16-22(18)33(35)36)26(34)32-11-10-21-20(17-32)25(38-24-7-5-4-6-23(24)37-3)29-27(28-21)31-14-12-30(2)13-15-31/h4-9,16H,10-15,17H2,1-3H3. The first-order valence-corrected chi connectivity index (χ1v) is 12.5. The number of para-hydroxylation sites is 2. The van der Waals surface area contributed by atoms with Crippen molar-refractivity contribution in [3.8, 4) is 17.4 Å². The van der Waals surface area contributed by atoms with Gasteiger partial charge in [0.25, 0.3) is 11.6 Å². The predicted octanol–water partition coefficient (Wildman–Crippen LogP) is 3.44. The third-order valence-electron chi connectivity index (χ3n) is 7.01. The molecular formula is C27H30N6O5. The molecule has 11 heteroatoms. The van der Waals surface area contributed by atoms with Gasteiger partial charge in [0.1, 0.15) is 0 Å². The number of aromatic nitrogens is 2. The van der Waals surface area contributed by atoms with Crippen molar-refractivity contribution < 1.29 is 19.2 Å². The Morgan fingerprint density at radius 3 is 2.47 bits per heavy atom. The molecule has 0 aliphatic carbocycles. The predicted molar refractivity (Wildman–Crippen MR) is 141 cm³/mol. The lowest BCUT2D eigenvalue weighted by Gasteiger charge is -2.34. The number of nitro benzene ring substituents is 1. The first kappa shape index (κ1) is 25.4. The molecule has 2 aliphatic heterocycles. The minimum absolute atomic E-state index is 0.0754. The van der Waals surface area contributed by atoms with Crippen molar-refractivity contribution in [1.29, 1.82) is 0 Å². The van der Waals surface area contributed by atoms with E-state index >= 15 is 0 Å². The fourth-order valence-corrected chi connectivity index (χ4v) is 4.71. The molecule has 1 saturated heterocycles. The number of rotatable bonds is 6. The van der Waals surface area contributed by atoms with Gasteiger partial charge in [-0.25, -0.2) is 4.98 Å². The summed E-state index contributed by atoms with van der Waals surface area (Å²) in [5.74, 6) is 1.77. The molecule has 0 unspecified atom stereocenters. The summed E-state index contributed by atoms with van der Waals surface area (Å²) in [6.07, 6.45) is 0.514. The number of fused-ring (bicyclic) bond motifs is 1. The molecule has 0 spiro atoms. The third-order valence-corrected chi connectivity index (χ3v) is 7.01. The molecule has 1 fully saturated rings.